The van der Waals surface area contributed by atoms with Gasteiger partial charge < -0.3 is 19.1 Å². The van der Waals surface area contributed by atoms with E-state index in [2.05, 4.69) is 19.1 Å². The van der Waals surface area contributed by atoms with Gasteiger partial charge in [0.05, 0.1) is 18.1 Å². The van der Waals surface area contributed by atoms with Crippen LogP contribution in [0.2, 0.25) is 0 Å². The van der Waals surface area contributed by atoms with Crippen LogP contribution in [-0.4, -0.2) is 49.7 Å². The Bertz CT molecular complexity index is 1380. The molecule has 6 nitrogen and oxygen atoms in total. The number of rotatable bonds is 8. The summed E-state index contributed by atoms with van der Waals surface area (Å²) in [6, 6.07) is 20.1. The van der Waals surface area contributed by atoms with E-state index in [0.717, 1.165) is 71.5 Å². The molecule has 0 radical (unpaired) electrons. The maximum absolute atomic E-state index is 13.5. The van der Waals surface area contributed by atoms with Crippen molar-refractivity contribution in [3.8, 4) is 22.6 Å². The SMILES string of the molecule is COC[C@H]1CCCN1C(=O)c1ccc(-c2cc(CC(=O)C3(c4ccc5c(c4)OCO5)CC3)ccc2C)cc1. The number of benzene rings is 3. The molecular formula is C32H33NO5. The number of amides is 1. The van der Waals surface area contributed by atoms with Gasteiger partial charge in [0.1, 0.15) is 5.78 Å². The summed E-state index contributed by atoms with van der Waals surface area (Å²) in [5, 5.41) is 0. The Hall–Kier alpha value is -3.64. The van der Waals surface area contributed by atoms with E-state index in [-0.39, 0.29) is 24.5 Å². The van der Waals surface area contributed by atoms with Crippen LogP contribution in [0.1, 0.15) is 52.7 Å². The molecule has 1 atom stereocenters. The second kappa shape index (κ2) is 9.91. The third-order valence-electron chi connectivity index (χ3n) is 8.32. The summed E-state index contributed by atoms with van der Waals surface area (Å²) in [6.45, 7) is 3.66. The average Bonchev–Trinajstić information content (AvgIpc) is 3.39. The molecule has 1 saturated heterocycles. The van der Waals surface area contributed by atoms with Gasteiger partial charge in [-0.1, -0.05) is 36.4 Å². The van der Waals surface area contributed by atoms with Crippen molar-refractivity contribution in [2.45, 2.75) is 50.5 Å². The molecular weight excluding hydrogens is 478 g/mol. The lowest BCUT2D eigenvalue weighted by Crippen LogP contribution is -2.38. The zero-order valence-corrected chi connectivity index (χ0v) is 22.0. The average molecular weight is 512 g/mol. The molecule has 196 valence electrons. The molecule has 6 heteroatoms. The van der Waals surface area contributed by atoms with Crippen molar-refractivity contribution in [3.63, 3.8) is 0 Å². The standard InChI is InChI=1S/C32H33NO5/c1-21-5-6-22(17-30(34)32(13-14-32)25-11-12-28-29(18-25)38-20-37-28)16-27(21)23-7-9-24(10-8-23)31(35)33-15-3-4-26(33)19-36-2/h5-12,16,18,26H,3-4,13-15,17,19-20H2,1-2H3/t26-/m1/s1. The number of ketones is 1. The molecule has 3 aliphatic rings. The molecule has 2 fully saturated rings. The van der Waals surface area contributed by atoms with Gasteiger partial charge in [0, 0.05) is 25.6 Å². The van der Waals surface area contributed by atoms with E-state index in [1.165, 1.54) is 0 Å². The van der Waals surface area contributed by atoms with Gasteiger partial charge in [0.2, 0.25) is 6.79 Å². The molecule has 1 saturated carbocycles. The topological polar surface area (TPSA) is 65.1 Å². The first-order valence-corrected chi connectivity index (χ1v) is 13.4. The van der Waals surface area contributed by atoms with Crippen molar-refractivity contribution in [1.82, 2.24) is 4.90 Å². The van der Waals surface area contributed by atoms with Crippen LogP contribution in [0.5, 0.6) is 11.5 Å². The van der Waals surface area contributed by atoms with Crippen LogP contribution >= 0.6 is 0 Å². The molecule has 2 aliphatic heterocycles. The summed E-state index contributed by atoms with van der Waals surface area (Å²) in [4.78, 5) is 28.6. The predicted octanol–water partition coefficient (Wildman–Crippen LogP) is 5.49. The summed E-state index contributed by atoms with van der Waals surface area (Å²) >= 11 is 0. The first-order valence-electron chi connectivity index (χ1n) is 13.4. The zero-order valence-electron chi connectivity index (χ0n) is 22.0. The van der Waals surface area contributed by atoms with Gasteiger partial charge in [-0.05, 0) is 84.7 Å². The lowest BCUT2D eigenvalue weighted by Gasteiger charge is -2.24. The van der Waals surface area contributed by atoms with Crippen LogP contribution in [0.3, 0.4) is 0 Å². The van der Waals surface area contributed by atoms with Crippen LogP contribution in [0, 0.1) is 6.92 Å². The monoisotopic (exact) mass is 511 g/mol. The number of likely N-dealkylation sites (tertiary alicyclic amines) is 1. The van der Waals surface area contributed by atoms with E-state index >= 15 is 0 Å². The second-order valence-electron chi connectivity index (χ2n) is 10.7. The Kier molecular flexibility index (Phi) is 6.44. The molecule has 3 aromatic carbocycles. The normalized spacial score (nSPS) is 19.0. The number of fused-ring (bicyclic) bond motifs is 1. The maximum Gasteiger partial charge on any atom is 0.254 e. The number of aryl methyl sites for hydroxylation is 1. The Morgan fingerprint density at radius 3 is 2.55 bits per heavy atom. The van der Waals surface area contributed by atoms with Gasteiger partial charge in [-0.3, -0.25) is 9.59 Å². The van der Waals surface area contributed by atoms with Gasteiger partial charge in [0.15, 0.2) is 11.5 Å². The number of hydrogen-bond donors (Lipinski definition) is 0. The Labute approximate surface area is 223 Å². The van der Waals surface area contributed by atoms with E-state index < -0.39 is 5.41 Å². The maximum atomic E-state index is 13.5. The largest absolute Gasteiger partial charge is 0.454 e. The molecule has 1 amide bonds. The van der Waals surface area contributed by atoms with E-state index in [0.29, 0.717) is 18.6 Å². The van der Waals surface area contributed by atoms with Crippen LogP contribution in [0.15, 0.2) is 60.7 Å². The highest BCUT2D eigenvalue weighted by Gasteiger charge is 2.50. The first-order chi connectivity index (χ1) is 18.5. The lowest BCUT2D eigenvalue weighted by molar-refractivity contribution is -0.120. The second-order valence-corrected chi connectivity index (χ2v) is 10.7. The van der Waals surface area contributed by atoms with Crippen LogP contribution in [0.4, 0.5) is 0 Å². The van der Waals surface area contributed by atoms with Gasteiger partial charge in [0.25, 0.3) is 5.91 Å². The fraction of sp³-hybridized carbons (Fsp3) is 0.375. The zero-order chi connectivity index (χ0) is 26.3. The number of Topliss-reactive ketones (excluding diaryl/α,β-unsaturated/α-hetero) is 1. The van der Waals surface area contributed by atoms with Crippen LogP contribution < -0.4 is 9.47 Å². The van der Waals surface area contributed by atoms with Gasteiger partial charge in [-0.2, -0.15) is 0 Å². The smallest absolute Gasteiger partial charge is 0.254 e. The highest BCUT2D eigenvalue weighted by Crippen LogP contribution is 2.51. The van der Waals surface area contributed by atoms with Crippen molar-refractivity contribution >= 4 is 11.7 Å². The van der Waals surface area contributed by atoms with E-state index in [1.54, 1.807) is 7.11 Å². The molecule has 0 unspecified atom stereocenters. The first kappa shape index (κ1) is 24.7. The Morgan fingerprint density at radius 2 is 1.79 bits per heavy atom. The van der Waals surface area contributed by atoms with Crippen LogP contribution in [0.25, 0.3) is 11.1 Å². The van der Waals surface area contributed by atoms with Crippen molar-refractivity contribution in [2.75, 3.05) is 27.1 Å². The molecule has 6 rings (SSSR count). The van der Waals surface area contributed by atoms with Crippen molar-refractivity contribution < 1.29 is 23.8 Å². The molecule has 0 bridgehead atoms. The van der Waals surface area contributed by atoms with Crippen molar-refractivity contribution in [1.29, 1.82) is 0 Å². The minimum Gasteiger partial charge on any atom is -0.454 e. The summed E-state index contributed by atoms with van der Waals surface area (Å²) in [7, 11) is 1.68. The molecule has 2 heterocycles. The van der Waals surface area contributed by atoms with E-state index in [1.807, 2.05) is 53.4 Å². The molecule has 3 aromatic rings. The predicted molar refractivity (Wildman–Crippen MR) is 145 cm³/mol. The molecule has 38 heavy (non-hydrogen) atoms. The summed E-state index contributed by atoms with van der Waals surface area (Å²) in [5.41, 5.74) is 5.55. The van der Waals surface area contributed by atoms with Crippen LogP contribution in [-0.2, 0) is 21.4 Å². The van der Waals surface area contributed by atoms with Gasteiger partial charge >= 0.3 is 0 Å². The number of hydrogen-bond acceptors (Lipinski definition) is 5. The number of carbonyl (C=O) groups excluding carboxylic acids is 2. The van der Waals surface area contributed by atoms with Crippen molar-refractivity contribution in [3.05, 3.63) is 82.9 Å². The number of nitrogens with zero attached hydrogens (tertiary/aromatic N) is 1. The third-order valence-corrected chi connectivity index (χ3v) is 8.32. The fourth-order valence-electron chi connectivity index (χ4n) is 5.92. The molecule has 0 aromatic heterocycles. The van der Waals surface area contributed by atoms with Gasteiger partial charge in [-0.25, -0.2) is 0 Å². The third kappa shape index (κ3) is 4.47. The summed E-state index contributed by atoms with van der Waals surface area (Å²) < 4.78 is 16.3. The summed E-state index contributed by atoms with van der Waals surface area (Å²) in [5.74, 6) is 1.76. The van der Waals surface area contributed by atoms with E-state index in [9.17, 15) is 9.59 Å². The minimum absolute atomic E-state index is 0.0606. The lowest BCUT2D eigenvalue weighted by atomic mass is 9.87. The molecule has 1 aliphatic carbocycles. The minimum atomic E-state index is -0.426. The number of ether oxygens (including phenoxy) is 3. The molecule has 0 N–H and O–H groups in total. The number of methoxy groups -OCH3 is 1. The van der Waals surface area contributed by atoms with E-state index in [4.69, 9.17) is 14.2 Å². The highest BCUT2D eigenvalue weighted by atomic mass is 16.7. The number of carbonyl (C=O) groups is 2. The quantitative estimate of drug-likeness (QED) is 0.400. The highest BCUT2D eigenvalue weighted by molar-refractivity contribution is 5.96. The van der Waals surface area contributed by atoms with Crippen molar-refractivity contribution in [2.24, 2.45) is 0 Å². The Morgan fingerprint density at radius 1 is 1.00 bits per heavy atom. The fourth-order valence-corrected chi connectivity index (χ4v) is 5.92. The Balaban J connectivity index is 1.19. The molecule has 0 spiro atoms. The van der Waals surface area contributed by atoms with Gasteiger partial charge in [-0.15, -0.1) is 0 Å². The summed E-state index contributed by atoms with van der Waals surface area (Å²) in [6.07, 6.45) is 4.11.